The van der Waals surface area contributed by atoms with Gasteiger partial charge in [0.25, 0.3) is 0 Å². The minimum atomic E-state index is 0.514. The molecule has 0 saturated heterocycles. The number of nitrogens with zero attached hydrogens (tertiary/aromatic N) is 4. The van der Waals surface area contributed by atoms with Gasteiger partial charge in [-0.25, -0.2) is 15.0 Å². The maximum absolute atomic E-state index is 6.10. The number of hydrogen-bond acceptors (Lipinski definition) is 4. The second kappa shape index (κ2) is 6.79. The molecule has 0 spiro atoms. The van der Waals surface area contributed by atoms with Gasteiger partial charge in [0.15, 0.2) is 0 Å². The molecule has 23 heavy (non-hydrogen) atoms. The highest BCUT2D eigenvalue weighted by molar-refractivity contribution is 6.30. The smallest absolute Gasteiger partial charge is 0.240 e. The summed E-state index contributed by atoms with van der Waals surface area (Å²) < 4.78 is 7.58. The molecule has 0 radical (unpaired) electrons. The lowest BCUT2D eigenvalue weighted by atomic mass is 10.1. The van der Waals surface area contributed by atoms with Crippen molar-refractivity contribution in [2.75, 3.05) is 6.61 Å². The summed E-state index contributed by atoms with van der Waals surface area (Å²) in [6.45, 7) is 5.01. The molecule has 2 aromatic heterocycles. The van der Waals surface area contributed by atoms with E-state index in [-0.39, 0.29) is 0 Å². The third kappa shape index (κ3) is 3.68. The highest BCUT2D eigenvalue weighted by Crippen LogP contribution is 2.28. The molecule has 0 unspecified atom stereocenters. The summed E-state index contributed by atoms with van der Waals surface area (Å²) >= 11 is 6.10. The van der Waals surface area contributed by atoms with Gasteiger partial charge in [0.2, 0.25) is 5.88 Å². The Morgan fingerprint density at radius 2 is 2.13 bits per heavy atom. The van der Waals surface area contributed by atoms with Crippen LogP contribution in [0.25, 0.3) is 11.3 Å². The summed E-state index contributed by atoms with van der Waals surface area (Å²) in [5.74, 6) is 0.514. The van der Waals surface area contributed by atoms with Gasteiger partial charge in [-0.15, -0.1) is 0 Å². The zero-order valence-corrected chi connectivity index (χ0v) is 13.8. The van der Waals surface area contributed by atoms with Crippen LogP contribution in [0.2, 0.25) is 5.02 Å². The van der Waals surface area contributed by atoms with Crippen molar-refractivity contribution in [1.29, 1.82) is 0 Å². The number of aromatic nitrogens is 4. The lowest BCUT2D eigenvalue weighted by Gasteiger charge is -2.11. The Morgan fingerprint density at radius 3 is 2.83 bits per heavy atom. The van der Waals surface area contributed by atoms with Crippen molar-refractivity contribution in [2.45, 2.75) is 20.4 Å². The fourth-order valence-corrected chi connectivity index (χ4v) is 2.49. The second-order valence-corrected chi connectivity index (χ2v) is 5.58. The van der Waals surface area contributed by atoms with E-state index >= 15 is 0 Å². The third-order valence-electron chi connectivity index (χ3n) is 3.27. The Hall–Kier alpha value is -2.40. The molecule has 0 atom stereocenters. The molecule has 0 aliphatic heterocycles. The predicted octanol–water partition coefficient (Wildman–Crippen LogP) is 3.75. The number of hydrogen-bond donors (Lipinski definition) is 0. The van der Waals surface area contributed by atoms with E-state index in [0.717, 1.165) is 17.0 Å². The van der Waals surface area contributed by atoms with E-state index in [1.165, 1.54) is 0 Å². The summed E-state index contributed by atoms with van der Waals surface area (Å²) in [6.07, 6.45) is 5.48. The Bertz CT molecular complexity index is 816. The van der Waals surface area contributed by atoms with Crippen LogP contribution in [0, 0.1) is 6.92 Å². The van der Waals surface area contributed by atoms with Gasteiger partial charge in [-0.1, -0.05) is 23.7 Å². The Labute approximate surface area is 140 Å². The van der Waals surface area contributed by atoms with Gasteiger partial charge in [0, 0.05) is 16.8 Å². The highest BCUT2D eigenvalue weighted by atomic mass is 35.5. The summed E-state index contributed by atoms with van der Waals surface area (Å²) in [6, 6.07) is 7.53. The number of aryl methyl sites for hydroxylation is 1. The normalized spacial score (nSPS) is 10.7. The minimum absolute atomic E-state index is 0.514. The van der Waals surface area contributed by atoms with Crippen molar-refractivity contribution >= 4 is 11.6 Å². The summed E-state index contributed by atoms with van der Waals surface area (Å²) in [4.78, 5) is 13.4. The van der Waals surface area contributed by atoms with E-state index in [4.69, 9.17) is 21.3 Å². The van der Waals surface area contributed by atoms with Crippen LogP contribution in [-0.4, -0.2) is 26.1 Å². The second-order valence-electron chi connectivity index (χ2n) is 5.15. The molecule has 0 fully saturated rings. The van der Waals surface area contributed by atoms with Gasteiger partial charge in [-0.05, 0) is 26.0 Å². The maximum atomic E-state index is 6.10. The molecule has 0 aliphatic rings. The van der Waals surface area contributed by atoms with Crippen LogP contribution in [0.5, 0.6) is 5.88 Å². The zero-order valence-electron chi connectivity index (χ0n) is 13.0. The fraction of sp³-hybridized carbons (Fsp3) is 0.235. The molecule has 3 aromatic rings. The van der Waals surface area contributed by atoms with Crippen molar-refractivity contribution in [3.05, 3.63) is 59.4 Å². The molecule has 0 saturated carbocycles. The largest absolute Gasteiger partial charge is 0.476 e. The molecule has 6 heteroatoms. The summed E-state index contributed by atoms with van der Waals surface area (Å²) in [7, 11) is 0. The fourth-order valence-electron chi connectivity index (χ4n) is 2.30. The lowest BCUT2D eigenvalue weighted by molar-refractivity contribution is 0.326. The van der Waals surface area contributed by atoms with Crippen LogP contribution < -0.4 is 4.74 Å². The van der Waals surface area contributed by atoms with Crippen LogP contribution in [0.4, 0.5) is 0 Å². The molecule has 3 rings (SSSR count). The topological polar surface area (TPSA) is 52.8 Å². The predicted molar refractivity (Wildman–Crippen MR) is 89.7 cm³/mol. The number of benzene rings is 1. The van der Waals surface area contributed by atoms with Crippen LogP contribution in [-0.2, 0) is 6.54 Å². The third-order valence-corrected chi connectivity index (χ3v) is 3.51. The first-order valence-electron chi connectivity index (χ1n) is 7.38. The molecule has 2 heterocycles. The first-order valence-corrected chi connectivity index (χ1v) is 7.76. The first kappa shape index (κ1) is 15.5. The Balaban J connectivity index is 1.99. The van der Waals surface area contributed by atoms with Crippen molar-refractivity contribution in [2.24, 2.45) is 0 Å². The van der Waals surface area contributed by atoms with E-state index < -0.39 is 0 Å². The standard InChI is InChI=1S/C17H17ClN4O/c1-3-23-17-16(13-5-4-6-14(18)7-13)21-15(8-19-17)10-22-9-12(2)20-11-22/h4-9,11H,3,10H2,1-2H3. The molecule has 0 N–H and O–H groups in total. The van der Waals surface area contributed by atoms with E-state index in [2.05, 4.69) is 9.97 Å². The number of ether oxygens (including phenoxy) is 1. The van der Waals surface area contributed by atoms with E-state index in [9.17, 15) is 0 Å². The van der Waals surface area contributed by atoms with Gasteiger partial charge < -0.3 is 9.30 Å². The van der Waals surface area contributed by atoms with Crippen molar-refractivity contribution < 1.29 is 4.74 Å². The average molecular weight is 329 g/mol. The van der Waals surface area contributed by atoms with Gasteiger partial charge >= 0.3 is 0 Å². The van der Waals surface area contributed by atoms with Crippen LogP contribution in [0.3, 0.4) is 0 Å². The van der Waals surface area contributed by atoms with Gasteiger partial charge in [-0.3, -0.25) is 0 Å². The van der Waals surface area contributed by atoms with E-state index in [1.807, 2.05) is 48.9 Å². The van der Waals surface area contributed by atoms with Gasteiger partial charge in [-0.2, -0.15) is 0 Å². The molecule has 1 aromatic carbocycles. The summed E-state index contributed by atoms with van der Waals surface area (Å²) in [5.41, 5.74) is 3.39. The number of halogens is 1. The van der Waals surface area contributed by atoms with Crippen LogP contribution in [0.15, 0.2) is 43.0 Å². The monoisotopic (exact) mass is 328 g/mol. The number of rotatable bonds is 5. The molecule has 0 aliphatic carbocycles. The molecule has 0 bridgehead atoms. The van der Waals surface area contributed by atoms with Crippen molar-refractivity contribution in [1.82, 2.24) is 19.5 Å². The molecule has 0 amide bonds. The van der Waals surface area contributed by atoms with E-state index in [0.29, 0.717) is 29.7 Å². The summed E-state index contributed by atoms with van der Waals surface area (Å²) in [5, 5.41) is 0.655. The van der Waals surface area contributed by atoms with Crippen molar-refractivity contribution in [3.63, 3.8) is 0 Å². The quantitative estimate of drug-likeness (QED) is 0.715. The Morgan fingerprint density at radius 1 is 1.26 bits per heavy atom. The SMILES string of the molecule is CCOc1ncc(Cn2cnc(C)c2)nc1-c1cccc(Cl)c1. The zero-order chi connectivity index (χ0) is 16.2. The van der Waals surface area contributed by atoms with Gasteiger partial charge in [0.05, 0.1) is 37.1 Å². The van der Waals surface area contributed by atoms with E-state index in [1.54, 1.807) is 12.5 Å². The number of imidazole rings is 1. The van der Waals surface area contributed by atoms with Crippen molar-refractivity contribution in [3.8, 4) is 17.1 Å². The van der Waals surface area contributed by atoms with Crippen LogP contribution >= 0.6 is 11.6 Å². The minimum Gasteiger partial charge on any atom is -0.476 e. The lowest BCUT2D eigenvalue weighted by Crippen LogP contribution is -2.05. The Kier molecular flexibility index (Phi) is 4.57. The average Bonchev–Trinajstić information content (AvgIpc) is 2.94. The highest BCUT2D eigenvalue weighted by Gasteiger charge is 2.12. The van der Waals surface area contributed by atoms with Gasteiger partial charge in [0.1, 0.15) is 5.69 Å². The van der Waals surface area contributed by atoms with Crippen LogP contribution in [0.1, 0.15) is 18.3 Å². The molecule has 5 nitrogen and oxygen atoms in total. The molecule has 118 valence electrons. The first-order chi connectivity index (χ1) is 11.2. The maximum Gasteiger partial charge on any atom is 0.240 e. The molecular formula is C17H17ClN4O. The molecular weight excluding hydrogens is 312 g/mol.